The van der Waals surface area contributed by atoms with Gasteiger partial charge in [0.25, 0.3) is 5.91 Å². The fourth-order valence-corrected chi connectivity index (χ4v) is 3.61. The van der Waals surface area contributed by atoms with Crippen LogP contribution in [0.1, 0.15) is 22.0 Å². The van der Waals surface area contributed by atoms with Gasteiger partial charge in [-0.3, -0.25) is 14.3 Å². The summed E-state index contributed by atoms with van der Waals surface area (Å²) in [6.45, 7) is 4.94. The molecule has 0 radical (unpaired) electrons. The second-order valence-electron chi connectivity index (χ2n) is 6.79. The first-order chi connectivity index (χ1) is 13.5. The number of fused-ring (bicyclic) bond motifs is 1. The van der Waals surface area contributed by atoms with Crippen LogP contribution < -0.4 is 5.73 Å². The highest BCUT2D eigenvalue weighted by Crippen LogP contribution is 2.34. The number of rotatable bonds is 4. The van der Waals surface area contributed by atoms with Crippen LogP contribution in [0, 0.1) is 0 Å². The molecule has 0 saturated carbocycles. The van der Waals surface area contributed by atoms with Crippen LogP contribution in [0.4, 0.5) is 0 Å². The highest BCUT2D eigenvalue weighted by molar-refractivity contribution is 6.07. The fourth-order valence-electron chi connectivity index (χ4n) is 3.61. The van der Waals surface area contributed by atoms with Crippen molar-refractivity contribution in [1.29, 1.82) is 0 Å². The molecule has 28 heavy (non-hydrogen) atoms. The zero-order valence-electron chi connectivity index (χ0n) is 15.5. The van der Waals surface area contributed by atoms with Gasteiger partial charge in [-0.1, -0.05) is 12.6 Å². The molecule has 1 unspecified atom stereocenters. The molecule has 8 nitrogen and oxygen atoms in total. The van der Waals surface area contributed by atoms with Gasteiger partial charge < -0.3 is 20.4 Å². The molecule has 1 aliphatic rings. The Labute approximate surface area is 161 Å². The summed E-state index contributed by atoms with van der Waals surface area (Å²) in [5, 5.41) is 5.04. The molecule has 3 aromatic rings. The van der Waals surface area contributed by atoms with Crippen molar-refractivity contribution in [2.24, 2.45) is 12.8 Å². The molecule has 144 valence electrons. The molecule has 4 rings (SSSR count). The van der Waals surface area contributed by atoms with E-state index in [0.29, 0.717) is 30.8 Å². The highest BCUT2D eigenvalue weighted by atomic mass is 16.5. The van der Waals surface area contributed by atoms with Gasteiger partial charge in [0, 0.05) is 36.4 Å². The number of carbonyl (C=O) groups is 2. The number of H-pyrrole nitrogens is 1. The predicted molar refractivity (Wildman–Crippen MR) is 104 cm³/mol. The summed E-state index contributed by atoms with van der Waals surface area (Å²) < 4.78 is 7.65. The summed E-state index contributed by atoms with van der Waals surface area (Å²) in [4.78, 5) is 28.9. The molecule has 3 N–H and O–H groups in total. The monoisotopic (exact) mass is 379 g/mol. The third-order valence-electron chi connectivity index (χ3n) is 5.01. The van der Waals surface area contributed by atoms with Gasteiger partial charge in [0.2, 0.25) is 5.91 Å². The van der Waals surface area contributed by atoms with Gasteiger partial charge in [0.15, 0.2) is 0 Å². The topological polar surface area (TPSA) is 106 Å². The average molecular weight is 379 g/mol. The molecule has 1 saturated heterocycles. The minimum atomic E-state index is -0.510. The van der Waals surface area contributed by atoms with E-state index in [2.05, 4.69) is 16.7 Å². The van der Waals surface area contributed by atoms with E-state index in [1.54, 1.807) is 21.8 Å². The van der Waals surface area contributed by atoms with Crippen molar-refractivity contribution < 1.29 is 14.3 Å². The van der Waals surface area contributed by atoms with Crippen molar-refractivity contribution in [1.82, 2.24) is 19.7 Å². The van der Waals surface area contributed by atoms with Crippen LogP contribution in [-0.2, 0) is 16.6 Å². The Morgan fingerprint density at radius 2 is 2.25 bits per heavy atom. The Bertz CT molecular complexity index is 1080. The third kappa shape index (κ3) is 3.07. The number of morpholine rings is 1. The minimum absolute atomic E-state index is 0.122. The molecular formula is C20H21N5O3. The van der Waals surface area contributed by atoms with Crippen molar-refractivity contribution in [2.45, 2.75) is 6.10 Å². The average Bonchev–Trinajstić information content (AvgIpc) is 3.32. The maximum absolute atomic E-state index is 12.0. The second-order valence-corrected chi connectivity index (χ2v) is 6.79. The maximum atomic E-state index is 12.0. The molecule has 2 aromatic heterocycles. The lowest BCUT2D eigenvalue weighted by atomic mass is 9.99. The SMILES string of the molecule is C=CC(=O)N1CCOC(c2ccc(C(N)=O)c3[nH]c(-c4cnn(C)c4)cc23)C1. The number of nitrogens with zero attached hydrogens (tertiary/aromatic N) is 3. The molecule has 1 fully saturated rings. The maximum Gasteiger partial charge on any atom is 0.250 e. The van der Waals surface area contributed by atoms with Crippen molar-refractivity contribution in [2.75, 3.05) is 19.7 Å². The summed E-state index contributed by atoms with van der Waals surface area (Å²) in [7, 11) is 1.84. The minimum Gasteiger partial charge on any atom is -0.370 e. The molecule has 1 atom stereocenters. The number of hydrogen-bond acceptors (Lipinski definition) is 4. The Kier molecular flexibility index (Phi) is 4.48. The van der Waals surface area contributed by atoms with Crippen LogP contribution in [0.3, 0.4) is 0 Å². The number of hydrogen-bond donors (Lipinski definition) is 2. The number of carbonyl (C=O) groups excluding carboxylic acids is 2. The second kappa shape index (κ2) is 6.97. The van der Waals surface area contributed by atoms with Gasteiger partial charge >= 0.3 is 0 Å². The van der Waals surface area contributed by atoms with E-state index >= 15 is 0 Å². The summed E-state index contributed by atoms with van der Waals surface area (Å²) in [5.41, 5.74) is 9.25. The number of aryl methyl sites for hydroxylation is 1. The van der Waals surface area contributed by atoms with Crippen LogP contribution in [0.15, 0.2) is 43.2 Å². The van der Waals surface area contributed by atoms with Gasteiger partial charge in [-0.2, -0.15) is 5.10 Å². The first kappa shape index (κ1) is 18.0. The Morgan fingerprint density at radius 3 is 2.93 bits per heavy atom. The number of nitrogens with one attached hydrogen (secondary N) is 1. The standard InChI is InChI=1S/C20H21N5O3/c1-3-18(26)25-6-7-28-17(11-25)13-4-5-14(20(21)27)19-15(13)8-16(23-19)12-9-22-24(2)10-12/h3-5,8-10,17,23H,1,6-7,11H2,2H3,(H2,21,27). The van der Waals surface area contributed by atoms with Crippen LogP contribution >= 0.6 is 0 Å². The van der Waals surface area contributed by atoms with Crippen molar-refractivity contribution in [3.8, 4) is 11.3 Å². The van der Waals surface area contributed by atoms with E-state index in [1.807, 2.05) is 25.4 Å². The highest BCUT2D eigenvalue weighted by Gasteiger charge is 2.27. The fraction of sp³-hybridized carbons (Fsp3) is 0.250. The van der Waals surface area contributed by atoms with Crippen molar-refractivity contribution in [3.63, 3.8) is 0 Å². The molecule has 1 aliphatic heterocycles. The lowest BCUT2D eigenvalue weighted by Gasteiger charge is -2.33. The lowest BCUT2D eigenvalue weighted by Crippen LogP contribution is -2.41. The smallest absolute Gasteiger partial charge is 0.250 e. The largest absolute Gasteiger partial charge is 0.370 e. The van der Waals surface area contributed by atoms with Crippen LogP contribution in [0.25, 0.3) is 22.2 Å². The number of aromatic nitrogens is 3. The van der Waals surface area contributed by atoms with E-state index < -0.39 is 5.91 Å². The number of aromatic amines is 1. The van der Waals surface area contributed by atoms with Crippen LogP contribution in [-0.4, -0.2) is 51.2 Å². The number of ether oxygens (including phenoxy) is 1. The normalized spacial score (nSPS) is 17.0. The van der Waals surface area contributed by atoms with Gasteiger partial charge in [-0.25, -0.2) is 0 Å². The van der Waals surface area contributed by atoms with E-state index in [0.717, 1.165) is 22.2 Å². The summed E-state index contributed by atoms with van der Waals surface area (Å²) in [5.74, 6) is -0.632. The number of nitrogens with two attached hydrogens (primary N) is 1. The zero-order chi connectivity index (χ0) is 19.8. The van der Waals surface area contributed by atoms with E-state index in [-0.39, 0.29) is 12.0 Å². The Balaban J connectivity index is 1.81. The van der Waals surface area contributed by atoms with Crippen molar-refractivity contribution >= 4 is 22.7 Å². The molecule has 1 aromatic carbocycles. The third-order valence-corrected chi connectivity index (χ3v) is 5.01. The zero-order valence-corrected chi connectivity index (χ0v) is 15.5. The molecule has 8 heteroatoms. The van der Waals surface area contributed by atoms with E-state index in [4.69, 9.17) is 10.5 Å². The van der Waals surface area contributed by atoms with Crippen LogP contribution in [0.2, 0.25) is 0 Å². The molecule has 0 aliphatic carbocycles. The van der Waals surface area contributed by atoms with Gasteiger partial charge in [-0.15, -0.1) is 0 Å². The first-order valence-electron chi connectivity index (χ1n) is 8.95. The first-order valence-corrected chi connectivity index (χ1v) is 8.95. The summed E-state index contributed by atoms with van der Waals surface area (Å²) in [6.07, 6.45) is 4.64. The molecule has 3 heterocycles. The Morgan fingerprint density at radius 1 is 1.43 bits per heavy atom. The van der Waals surface area contributed by atoms with Crippen LogP contribution in [0.5, 0.6) is 0 Å². The van der Waals surface area contributed by atoms with E-state index in [9.17, 15) is 9.59 Å². The molecule has 0 spiro atoms. The molecule has 2 amide bonds. The summed E-state index contributed by atoms with van der Waals surface area (Å²) in [6, 6.07) is 5.50. The summed E-state index contributed by atoms with van der Waals surface area (Å²) >= 11 is 0. The van der Waals surface area contributed by atoms with Gasteiger partial charge in [0.1, 0.15) is 6.10 Å². The number of benzene rings is 1. The van der Waals surface area contributed by atoms with Gasteiger partial charge in [-0.05, 0) is 23.8 Å². The molecule has 0 bridgehead atoms. The number of amides is 2. The lowest BCUT2D eigenvalue weighted by molar-refractivity contribution is -0.133. The van der Waals surface area contributed by atoms with Gasteiger partial charge in [0.05, 0.1) is 30.4 Å². The van der Waals surface area contributed by atoms with E-state index in [1.165, 1.54) is 6.08 Å². The predicted octanol–water partition coefficient (Wildman–Crippen LogP) is 1.75. The Hall–Kier alpha value is -3.39. The quantitative estimate of drug-likeness (QED) is 0.674. The van der Waals surface area contributed by atoms with Crippen molar-refractivity contribution in [3.05, 3.63) is 54.4 Å². The number of primary amides is 1. The molecular weight excluding hydrogens is 358 g/mol.